The third-order valence-electron chi connectivity index (χ3n) is 2.46. The first kappa shape index (κ1) is 13.9. The predicted octanol–water partition coefficient (Wildman–Crippen LogP) is 1.56. The van der Waals surface area contributed by atoms with Crippen molar-refractivity contribution in [2.75, 3.05) is 5.32 Å². The number of hydrogen-bond donors (Lipinski definition) is 3. The summed E-state index contributed by atoms with van der Waals surface area (Å²) in [5, 5.41) is 7.23. The highest BCUT2D eigenvalue weighted by Crippen LogP contribution is 2.18. The second-order valence-corrected chi connectivity index (χ2v) is 5.26. The zero-order valence-electron chi connectivity index (χ0n) is 11.4. The third-order valence-corrected chi connectivity index (χ3v) is 2.46. The minimum absolute atomic E-state index is 0.113. The van der Waals surface area contributed by atoms with Gasteiger partial charge in [0.05, 0.1) is 16.5 Å². The van der Waals surface area contributed by atoms with Crippen LogP contribution in [-0.2, 0) is 4.74 Å². The number of aromatic nitrogens is 2. The number of carbonyl (C=O) groups is 1. The quantitative estimate of drug-likeness (QED) is 0.735. The van der Waals surface area contributed by atoms with E-state index in [0.717, 1.165) is 0 Å². The zero-order valence-corrected chi connectivity index (χ0v) is 11.4. The van der Waals surface area contributed by atoms with Gasteiger partial charge in [-0.15, -0.1) is 0 Å². The molecule has 3 N–H and O–H groups in total. The Morgan fingerprint density at radius 1 is 1.15 bits per heavy atom. The number of carbonyl (C=O) groups excluding carboxylic acids is 1. The highest BCUT2D eigenvalue weighted by Gasteiger charge is 2.17. The Bertz CT molecular complexity index is 768. The molecule has 0 aliphatic carbocycles. The maximum absolute atomic E-state index is 11.8. The van der Waals surface area contributed by atoms with Crippen LogP contribution in [0.2, 0.25) is 0 Å². The molecule has 0 spiro atoms. The first-order valence-corrected chi connectivity index (χ1v) is 6.01. The second kappa shape index (κ2) is 4.84. The molecule has 0 aliphatic heterocycles. The van der Waals surface area contributed by atoms with E-state index >= 15 is 0 Å². The Morgan fingerprint density at radius 2 is 1.80 bits per heavy atom. The minimum atomic E-state index is -0.690. The van der Waals surface area contributed by atoms with Crippen LogP contribution < -0.4 is 16.4 Å². The first-order chi connectivity index (χ1) is 9.28. The van der Waals surface area contributed by atoms with Gasteiger partial charge in [-0.05, 0) is 32.9 Å². The SMILES string of the molecule is CC(C)(C)OC(=O)Nc1cccc2c(=O)[nH][nH]c(=O)c12. The lowest BCUT2D eigenvalue weighted by Gasteiger charge is -2.19. The molecule has 1 amide bonds. The molecule has 0 saturated carbocycles. The summed E-state index contributed by atoms with van der Waals surface area (Å²) >= 11 is 0. The van der Waals surface area contributed by atoms with Gasteiger partial charge in [0.15, 0.2) is 0 Å². The van der Waals surface area contributed by atoms with E-state index in [2.05, 4.69) is 15.5 Å². The zero-order chi connectivity index (χ0) is 14.9. The van der Waals surface area contributed by atoms with E-state index in [1.54, 1.807) is 26.8 Å². The van der Waals surface area contributed by atoms with Crippen LogP contribution in [0.5, 0.6) is 0 Å². The largest absolute Gasteiger partial charge is 0.444 e. The van der Waals surface area contributed by atoms with Crippen LogP contribution in [0, 0.1) is 0 Å². The van der Waals surface area contributed by atoms with Crippen molar-refractivity contribution >= 4 is 22.6 Å². The standard InChI is InChI=1S/C13H15N3O4/c1-13(2,3)20-12(19)14-8-6-4-5-7-9(8)11(18)16-15-10(7)17/h4-6H,1-3H3,(H,14,19)(H,15,17)(H,16,18). The molecule has 0 bridgehead atoms. The number of hydrogen-bond acceptors (Lipinski definition) is 4. The maximum atomic E-state index is 11.8. The molecule has 2 aromatic rings. The lowest BCUT2D eigenvalue weighted by molar-refractivity contribution is 0.0636. The summed E-state index contributed by atoms with van der Waals surface area (Å²) in [5.74, 6) is 0. The van der Waals surface area contributed by atoms with Crippen LogP contribution in [0.3, 0.4) is 0 Å². The Hall–Kier alpha value is -2.57. The number of benzene rings is 1. The molecule has 7 heteroatoms. The molecule has 0 fully saturated rings. The minimum Gasteiger partial charge on any atom is -0.444 e. The van der Waals surface area contributed by atoms with Crippen molar-refractivity contribution in [3.8, 4) is 0 Å². The molecule has 106 valence electrons. The summed E-state index contributed by atoms with van der Waals surface area (Å²) in [4.78, 5) is 35.2. The van der Waals surface area contributed by atoms with Crippen molar-refractivity contribution in [3.63, 3.8) is 0 Å². The van der Waals surface area contributed by atoms with Gasteiger partial charge in [0.2, 0.25) is 0 Å². The lowest BCUT2D eigenvalue weighted by atomic mass is 10.1. The maximum Gasteiger partial charge on any atom is 0.412 e. The molecule has 1 aromatic heterocycles. The van der Waals surface area contributed by atoms with Gasteiger partial charge in [-0.1, -0.05) is 6.07 Å². The number of H-pyrrole nitrogens is 2. The molecular formula is C13H15N3O4. The average molecular weight is 277 g/mol. The van der Waals surface area contributed by atoms with Gasteiger partial charge in [0, 0.05) is 0 Å². The number of aromatic amines is 2. The van der Waals surface area contributed by atoms with Crippen molar-refractivity contribution in [2.24, 2.45) is 0 Å². The fraction of sp³-hybridized carbons (Fsp3) is 0.308. The van der Waals surface area contributed by atoms with E-state index in [1.165, 1.54) is 12.1 Å². The third kappa shape index (κ3) is 2.87. The summed E-state index contributed by atoms with van der Waals surface area (Å²) in [5.41, 5.74) is -1.36. The normalized spacial score (nSPS) is 11.3. The van der Waals surface area contributed by atoms with Crippen molar-refractivity contribution in [1.29, 1.82) is 0 Å². The van der Waals surface area contributed by atoms with E-state index in [-0.39, 0.29) is 16.5 Å². The van der Waals surface area contributed by atoms with Crippen LogP contribution in [0.25, 0.3) is 10.8 Å². The van der Waals surface area contributed by atoms with Crippen LogP contribution >= 0.6 is 0 Å². The Balaban J connectivity index is 2.46. The number of amides is 1. The van der Waals surface area contributed by atoms with Gasteiger partial charge in [-0.25, -0.2) is 4.79 Å². The molecule has 0 radical (unpaired) electrons. The van der Waals surface area contributed by atoms with Crippen molar-refractivity contribution < 1.29 is 9.53 Å². The topological polar surface area (TPSA) is 104 Å². The molecule has 0 unspecified atom stereocenters. The molecule has 1 aromatic carbocycles. The van der Waals surface area contributed by atoms with E-state index in [9.17, 15) is 14.4 Å². The van der Waals surface area contributed by atoms with Gasteiger partial charge in [0.1, 0.15) is 5.60 Å². The highest BCUT2D eigenvalue weighted by molar-refractivity contribution is 5.99. The molecule has 0 atom stereocenters. The van der Waals surface area contributed by atoms with E-state index in [4.69, 9.17) is 4.74 Å². The summed E-state index contributed by atoms with van der Waals surface area (Å²) in [6, 6.07) is 4.61. The number of fused-ring (bicyclic) bond motifs is 1. The molecule has 7 nitrogen and oxygen atoms in total. The number of rotatable bonds is 1. The molecule has 1 heterocycles. The molecular weight excluding hydrogens is 262 g/mol. The van der Waals surface area contributed by atoms with Gasteiger partial charge >= 0.3 is 6.09 Å². The number of ether oxygens (including phenoxy) is 1. The fourth-order valence-electron chi connectivity index (χ4n) is 1.75. The van der Waals surface area contributed by atoms with Crippen LogP contribution in [0.1, 0.15) is 20.8 Å². The molecule has 20 heavy (non-hydrogen) atoms. The monoisotopic (exact) mass is 277 g/mol. The predicted molar refractivity (Wildman–Crippen MR) is 75.0 cm³/mol. The van der Waals surface area contributed by atoms with Gasteiger partial charge in [0.25, 0.3) is 11.1 Å². The Labute approximate surface area is 113 Å². The van der Waals surface area contributed by atoms with Gasteiger partial charge < -0.3 is 4.74 Å². The Morgan fingerprint density at radius 3 is 2.45 bits per heavy atom. The summed E-state index contributed by atoms with van der Waals surface area (Å²) in [6.45, 7) is 5.19. The number of anilines is 1. The lowest BCUT2D eigenvalue weighted by Crippen LogP contribution is -2.28. The smallest absolute Gasteiger partial charge is 0.412 e. The van der Waals surface area contributed by atoms with Gasteiger partial charge in [-0.3, -0.25) is 25.1 Å². The summed E-state index contributed by atoms with van der Waals surface area (Å²) < 4.78 is 5.11. The van der Waals surface area contributed by atoms with Crippen LogP contribution in [-0.4, -0.2) is 21.9 Å². The average Bonchev–Trinajstić information content (AvgIpc) is 2.31. The Kier molecular flexibility index (Phi) is 3.35. The van der Waals surface area contributed by atoms with E-state index < -0.39 is 22.8 Å². The summed E-state index contributed by atoms with van der Waals surface area (Å²) in [7, 11) is 0. The first-order valence-electron chi connectivity index (χ1n) is 6.01. The highest BCUT2D eigenvalue weighted by atomic mass is 16.6. The fourth-order valence-corrected chi connectivity index (χ4v) is 1.75. The van der Waals surface area contributed by atoms with Crippen LogP contribution in [0.4, 0.5) is 10.5 Å². The van der Waals surface area contributed by atoms with E-state index in [1.807, 2.05) is 0 Å². The summed E-state index contributed by atoms with van der Waals surface area (Å²) in [6.07, 6.45) is -0.690. The van der Waals surface area contributed by atoms with Crippen LogP contribution in [0.15, 0.2) is 27.8 Å². The molecule has 0 saturated heterocycles. The number of nitrogens with one attached hydrogen (secondary N) is 3. The van der Waals surface area contributed by atoms with Crippen molar-refractivity contribution in [1.82, 2.24) is 10.2 Å². The molecule has 2 rings (SSSR count). The molecule has 0 aliphatic rings. The van der Waals surface area contributed by atoms with Crippen molar-refractivity contribution in [2.45, 2.75) is 26.4 Å². The van der Waals surface area contributed by atoms with Gasteiger partial charge in [-0.2, -0.15) is 0 Å². The second-order valence-electron chi connectivity index (χ2n) is 5.26. The van der Waals surface area contributed by atoms with Crippen molar-refractivity contribution in [3.05, 3.63) is 38.9 Å². The van der Waals surface area contributed by atoms with E-state index in [0.29, 0.717) is 0 Å².